The Morgan fingerprint density at radius 2 is 2.25 bits per heavy atom. The fourth-order valence-electron chi connectivity index (χ4n) is 1.74. The predicted molar refractivity (Wildman–Crippen MR) is 70.1 cm³/mol. The van der Waals surface area contributed by atoms with E-state index in [4.69, 9.17) is 10.8 Å². The molecule has 0 saturated carbocycles. The van der Waals surface area contributed by atoms with Crippen molar-refractivity contribution in [3.8, 4) is 0 Å². The van der Waals surface area contributed by atoms with Crippen LogP contribution in [0.3, 0.4) is 0 Å². The van der Waals surface area contributed by atoms with Crippen LogP contribution in [-0.2, 0) is 17.9 Å². The summed E-state index contributed by atoms with van der Waals surface area (Å²) in [4.78, 5) is 23.0. The highest BCUT2D eigenvalue weighted by atomic mass is 16.4. The van der Waals surface area contributed by atoms with Gasteiger partial charge in [-0.2, -0.15) is 10.2 Å². The van der Waals surface area contributed by atoms with Crippen LogP contribution in [0, 0.1) is 0 Å². The number of nitrogens with two attached hydrogens (primary N) is 1. The summed E-state index contributed by atoms with van der Waals surface area (Å²) in [5.41, 5.74) is 5.54. The molecule has 2 aromatic heterocycles. The van der Waals surface area contributed by atoms with Crippen LogP contribution >= 0.6 is 0 Å². The lowest BCUT2D eigenvalue weighted by Crippen LogP contribution is -2.21. The molecule has 106 valence electrons. The highest BCUT2D eigenvalue weighted by Gasteiger charge is 2.18. The van der Waals surface area contributed by atoms with Gasteiger partial charge in [-0.05, 0) is 13.0 Å². The molecule has 2 aromatic rings. The molecule has 0 saturated heterocycles. The summed E-state index contributed by atoms with van der Waals surface area (Å²) >= 11 is 0. The number of carbonyl (C=O) groups excluding carboxylic acids is 1. The number of nitrogens with zero attached hydrogens (tertiary/aromatic N) is 4. The summed E-state index contributed by atoms with van der Waals surface area (Å²) in [6, 6.07) is 1.56. The van der Waals surface area contributed by atoms with Gasteiger partial charge in [-0.1, -0.05) is 0 Å². The lowest BCUT2D eigenvalue weighted by molar-refractivity contribution is -0.116. The van der Waals surface area contributed by atoms with Crippen molar-refractivity contribution in [3.63, 3.8) is 0 Å². The van der Waals surface area contributed by atoms with E-state index in [1.807, 2.05) is 0 Å². The number of hydrogen-bond acceptors (Lipinski definition) is 5. The van der Waals surface area contributed by atoms with E-state index in [9.17, 15) is 9.59 Å². The molecule has 4 N–H and O–H groups in total. The normalized spacial score (nSPS) is 10.4. The van der Waals surface area contributed by atoms with Crippen LogP contribution in [0.5, 0.6) is 0 Å². The number of aromatic nitrogens is 4. The fraction of sp³-hybridized carbons (Fsp3) is 0.273. The molecule has 0 spiro atoms. The number of anilines is 2. The lowest BCUT2D eigenvalue weighted by Gasteiger charge is -2.05. The third kappa shape index (κ3) is 2.76. The van der Waals surface area contributed by atoms with Crippen LogP contribution in [-0.4, -0.2) is 36.5 Å². The first kappa shape index (κ1) is 13.6. The second kappa shape index (κ2) is 5.43. The maximum atomic E-state index is 11.8. The highest BCUT2D eigenvalue weighted by molar-refractivity contribution is 5.99. The number of carboxylic acids is 1. The van der Waals surface area contributed by atoms with Crippen LogP contribution in [0.4, 0.5) is 11.5 Å². The summed E-state index contributed by atoms with van der Waals surface area (Å²) in [5, 5.41) is 19.4. The molecule has 0 aliphatic carbocycles. The van der Waals surface area contributed by atoms with Gasteiger partial charge in [0, 0.05) is 12.7 Å². The molecule has 20 heavy (non-hydrogen) atoms. The molecule has 0 radical (unpaired) electrons. The minimum Gasteiger partial charge on any atom is -0.476 e. The summed E-state index contributed by atoms with van der Waals surface area (Å²) in [6.07, 6.45) is 2.87. The van der Waals surface area contributed by atoms with Crippen molar-refractivity contribution < 1.29 is 14.7 Å². The summed E-state index contributed by atoms with van der Waals surface area (Å²) in [5.74, 6) is -1.25. The van der Waals surface area contributed by atoms with Gasteiger partial charge in [-0.15, -0.1) is 0 Å². The molecule has 2 rings (SSSR count). The highest BCUT2D eigenvalue weighted by Crippen LogP contribution is 2.15. The standard InChI is InChI=1S/C11H14N6O3/c1-2-17-10(11(19)20)7(5-13-17)14-9(18)6-16-4-3-8(12)15-16/h3-5H,2,6H2,1H3,(H2,12,15)(H,14,18)(H,19,20). The largest absolute Gasteiger partial charge is 0.476 e. The maximum absolute atomic E-state index is 11.8. The monoisotopic (exact) mass is 278 g/mol. The molecule has 0 aromatic carbocycles. The van der Waals surface area contributed by atoms with Gasteiger partial charge in [0.15, 0.2) is 5.69 Å². The van der Waals surface area contributed by atoms with Crippen molar-refractivity contribution in [1.29, 1.82) is 0 Å². The molecule has 0 atom stereocenters. The third-order valence-corrected chi connectivity index (χ3v) is 2.58. The number of amides is 1. The van der Waals surface area contributed by atoms with Crippen molar-refractivity contribution in [2.75, 3.05) is 11.1 Å². The minimum absolute atomic E-state index is 0.0548. The van der Waals surface area contributed by atoms with E-state index in [0.717, 1.165) is 0 Å². The Morgan fingerprint density at radius 1 is 1.50 bits per heavy atom. The number of nitrogen functional groups attached to an aromatic ring is 1. The van der Waals surface area contributed by atoms with E-state index in [1.54, 1.807) is 19.2 Å². The Morgan fingerprint density at radius 3 is 2.80 bits per heavy atom. The zero-order chi connectivity index (χ0) is 14.7. The molecule has 0 bridgehead atoms. The van der Waals surface area contributed by atoms with Crippen LogP contribution < -0.4 is 11.1 Å². The van der Waals surface area contributed by atoms with Crippen LogP contribution in [0.15, 0.2) is 18.5 Å². The predicted octanol–water partition coefficient (Wildman–Crippen LogP) is 0.0186. The molecule has 9 nitrogen and oxygen atoms in total. The van der Waals surface area contributed by atoms with E-state index in [-0.39, 0.29) is 17.9 Å². The molecule has 0 aliphatic rings. The van der Waals surface area contributed by atoms with Gasteiger partial charge >= 0.3 is 5.97 Å². The third-order valence-electron chi connectivity index (χ3n) is 2.58. The number of nitrogens with one attached hydrogen (secondary N) is 1. The molecular formula is C11H14N6O3. The van der Waals surface area contributed by atoms with E-state index in [0.29, 0.717) is 12.4 Å². The van der Waals surface area contributed by atoms with Crippen molar-refractivity contribution in [2.24, 2.45) is 0 Å². The molecule has 0 aliphatic heterocycles. The van der Waals surface area contributed by atoms with E-state index < -0.39 is 11.9 Å². The van der Waals surface area contributed by atoms with Crippen molar-refractivity contribution >= 4 is 23.4 Å². The van der Waals surface area contributed by atoms with Crippen molar-refractivity contribution in [3.05, 3.63) is 24.2 Å². The molecule has 9 heteroatoms. The minimum atomic E-state index is -1.15. The van der Waals surface area contributed by atoms with Gasteiger partial charge in [0.05, 0.1) is 11.9 Å². The van der Waals surface area contributed by atoms with Gasteiger partial charge in [0.1, 0.15) is 12.4 Å². The van der Waals surface area contributed by atoms with Gasteiger partial charge in [0.25, 0.3) is 0 Å². The number of carbonyl (C=O) groups is 2. The van der Waals surface area contributed by atoms with Crippen LogP contribution in [0.1, 0.15) is 17.4 Å². The molecule has 1 amide bonds. The van der Waals surface area contributed by atoms with Gasteiger partial charge in [0.2, 0.25) is 5.91 Å². The first-order valence-electron chi connectivity index (χ1n) is 5.89. The smallest absolute Gasteiger partial charge is 0.356 e. The van der Waals surface area contributed by atoms with E-state index in [2.05, 4.69) is 15.5 Å². The Balaban J connectivity index is 2.11. The Bertz CT molecular complexity index is 644. The van der Waals surface area contributed by atoms with Crippen LogP contribution in [0.25, 0.3) is 0 Å². The first-order valence-corrected chi connectivity index (χ1v) is 5.89. The number of aromatic carboxylic acids is 1. The zero-order valence-corrected chi connectivity index (χ0v) is 10.8. The molecule has 0 fully saturated rings. The number of hydrogen-bond donors (Lipinski definition) is 3. The quantitative estimate of drug-likeness (QED) is 0.707. The van der Waals surface area contributed by atoms with E-state index >= 15 is 0 Å². The SMILES string of the molecule is CCn1ncc(NC(=O)Cn2ccc(N)n2)c1C(=O)O. The Hall–Kier alpha value is -2.84. The molecule has 2 heterocycles. The van der Waals surface area contributed by atoms with Gasteiger partial charge < -0.3 is 16.2 Å². The average molecular weight is 278 g/mol. The number of aryl methyl sites for hydroxylation is 1. The summed E-state index contributed by atoms with van der Waals surface area (Å²) in [7, 11) is 0. The van der Waals surface area contributed by atoms with Gasteiger partial charge in [-0.25, -0.2) is 4.79 Å². The summed E-state index contributed by atoms with van der Waals surface area (Å²) in [6.45, 7) is 2.10. The van der Waals surface area contributed by atoms with Gasteiger partial charge in [-0.3, -0.25) is 14.2 Å². The average Bonchev–Trinajstić information content (AvgIpc) is 2.95. The Labute approximate surface area is 114 Å². The fourth-order valence-corrected chi connectivity index (χ4v) is 1.74. The molecular weight excluding hydrogens is 264 g/mol. The second-order valence-electron chi connectivity index (χ2n) is 4.01. The number of rotatable bonds is 5. The van der Waals surface area contributed by atoms with E-state index in [1.165, 1.54) is 15.6 Å². The topological polar surface area (TPSA) is 128 Å². The van der Waals surface area contributed by atoms with Crippen molar-refractivity contribution in [1.82, 2.24) is 19.6 Å². The number of carboxylic acid groups (broad SMARTS) is 1. The van der Waals surface area contributed by atoms with Crippen LogP contribution in [0.2, 0.25) is 0 Å². The molecule has 0 unspecified atom stereocenters. The van der Waals surface area contributed by atoms with Crippen molar-refractivity contribution in [2.45, 2.75) is 20.0 Å². The summed E-state index contributed by atoms with van der Waals surface area (Å²) < 4.78 is 2.65. The maximum Gasteiger partial charge on any atom is 0.356 e. The first-order chi connectivity index (χ1) is 9.51. The second-order valence-corrected chi connectivity index (χ2v) is 4.01. The lowest BCUT2D eigenvalue weighted by atomic mass is 10.3. The Kier molecular flexibility index (Phi) is 3.69. The zero-order valence-electron chi connectivity index (χ0n) is 10.8.